The van der Waals surface area contributed by atoms with Gasteiger partial charge in [0.25, 0.3) is 5.91 Å². The van der Waals surface area contributed by atoms with Crippen molar-refractivity contribution in [2.75, 3.05) is 0 Å². The Labute approximate surface area is 171 Å². The summed E-state index contributed by atoms with van der Waals surface area (Å²) in [4.78, 5) is 13.0. The van der Waals surface area contributed by atoms with Gasteiger partial charge in [-0.3, -0.25) is 4.79 Å². The Balaban J connectivity index is 1.85. The van der Waals surface area contributed by atoms with Crippen LogP contribution in [-0.2, 0) is 16.4 Å². The molecule has 1 unspecified atom stereocenters. The highest BCUT2D eigenvalue weighted by Gasteiger charge is 2.27. The maximum Gasteiger partial charge on any atom is 0.252 e. The maximum absolute atomic E-state index is 12.9. The van der Waals surface area contributed by atoms with Gasteiger partial charge >= 0.3 is 0 Å². The van der Waals surface area contributed by atoms with Crippen LogP contribution in [0.2, 0.25) is 5.02 Å². The first-order chi connectivity index (χ1) is 13.0. The van der Waals surface area contributed by atoms with Gasteiger partial charge in [-0.25, -0.2) is 13.1 Å². The molecule has 0 aromatic heterocycles. The Morgan fingerprint density at radius 2 is 1.86 bits per heavy atom. The Kier molecular flexibility index (Phi) is 5.58. The van der Waals surface area contributed by atoms with Crippen LogP contribution in [0.15, 0.2) is 41.3 Å². The summed E-state index contributed by atoms with van der Waals surface area (Å²) in [5.41, 5.74) is 2.68. The minimum Gasteiger partial charge on any atom is -0.345 e. The molecule has 28 heavy (non-hydrogen) atoms. The van der Waals surface area contributed by atoms with Gasteiger partial charge in [-0.2, -0.15) is 0 Å². The van der Waals surface area contributed by atoms with E-state index in [1.807, 2.05) is 18.2 Å². The second-order valence-corrected chi connectivity index (χ2v) is 10.4. The summed E-state index contributed by atoms with van der Waals surface area (Å²) in [5.74, 6) is -0.280. The highest BCUT2D eigenvalue weighted by Crippen LogP contribution is 2.33. The van der Waals surface area contributed by atoms with E-state index in [-0.39, 0.29) is 16.8 Å². The first-order valence-corrected chi connectivity index (χ1v) is 11.1. The highest BCUT2D eigenvalue weighted by molar-refractivity contribution is 7.89. The Morgan fingerprint density at radius 1 is 1.14 bits per heavy atom. The van der Waals surface area contributed by atoms with E-state index < -0.39 is 15.6 Å². The summed E-state index contributed by atoms with van der Waals surface area (Å²) in [6, 6.07) is 10.2. The van der Waals surface area contributed by atoms with Crippen molar-refractivity contribution in [1.29, 1.82) is 0 Å². The molecule has 5 nitrogen and oxygen atoms in total. The molecule has 1 aliphatic rings. The van der Waals surface area contributed by atoms with Crippen molar-refractivity contribution in [2.24, 2.45) is 0 Å². The standard InChI is InChI=1S/C21H25ClN2O3S/c1-13-5-8-16(28(26,27)24-21(2,3)4)12-18(13)20(25)23-19-10-6-14-11-15(22)7-9-17(14)19/h5,7-9,11-12,19,24H,6,10H2,1-4H3,(H,23,25). The van der Waals surface area contributed by atoms with E-state index in [1.165, 1.54) is 12.1 Å². The number of halogens is 1. The van der Waals surface area contributed by atoms with E-state index >= 15 is 0 Å². The molecule has 0 saturated carbocycles. The smallest absolute Gasteiger partial charge is 0.252 e. The lowest BCUT2D eigenvalue weighted by Crippen LogP contribution is -2.40. The average molecular weight is 421 g/mol. The van der Waals surface area contributed by atoms with Gasteiger partial charge in [0.2, 0.25) is 10.0 Å². The summed E-state index contributed by atoms with van der Waals surface area (Å²) in [5, 5.41) is 3.73. The Bertz CT molecular complexity index is 1030. The molecule has 1 aliphatic carbocycles. The minimum atomic E-state index is -3.72. The molecule has 0 saturated heterocycles. The third kappa shape index (κ3) is 4.57. The molecule has 0 radical (unpaired) electrons. The van der Waals surface area contributed by atoms with Gasteiger partial charge in [0.1, 0.15) is 0 Å². The number of aryl methyl sites for hydroxylation is 2. The van der Waals surface area contributed by atoms with Gasteiger partial charge in [-0.15, -0.1) is 0 Å². The number of amides is 1. The van der Waals surface area contributed by atoms with Crippen LogP contribution in [0, 0.1) is 6.92 Å². The van der Waals surface area contributed by atoms with Crippen LogP contribution >= 0.6 is 11.6 Å². The number of fused-ring (bicyclic) bond motifs is 1. The van der Waals surface area contributed by atoms with E-state index in [0.29, 0.717) is 10.6 Å². The highest BCUT2D eigenvalue weighted by atomic mass is 35.5. The summed E-state index contributed by atoms with van der Waals surface area (Å²) in [6.07, 6.45) is 1.65. The molecular weight excluding hydrogens is 396 g/mol. The zero-order valence-electron chi connectivity index (χ0n) is 16.5. The van der Waals surface area contributed by atoms with Crippen LogP contribution in [0.3, 0.4) is 0 Å². The first kappa shape index (κ1) is 20.8. The number of sulfonamides is 1. The van der Waals surface area contributed by atoms with E-state index in [2.05, 4.69) is 10.0 Å². The van der Waals surface area contributed by atoms with Crippen molar-refractivity contribution >= 4 is 27.5 Å². The van der Waals surface area contributed by atoms with Gasteiger partial charge in [-0.1, -0.05) is 23.7 Å². The molecule has 0 fully saturated rings. The van der Waals surface area contributed by atoms with Crippen LogP contribution in [0.4, 0.5) is 0 Å². The number of hydrogen-bond acceptors (Lipinski definition) is 3. The lowest BCUT2D eigenvalue weighted by Gasteiger charge is -2.21. The number of carbonyl (C=O) groups is 1. The van der Waals surface area contributed by atoms with Crippen molar-refractivity contribution in [1.82, 2.24) is 10.0 Å². The lowest BCUT2D eigenvalue weighted by atomic mass is 10.1. The minimum absolute atomic E-state index is 0.0804. The molecule has 2 aromatic carbocycles. The number of hydrogen-bond donors (Lipinski definition) is 2. The molecule has 7 heteroatoms. The molecule has 0 aliphatic heterocycles. The third-order valence-electron chi connectivity index (χ3n) is 4.69. The Morgan fingerprint density at radius 3 is 2.54 bits per heavy atom. The van der Waals surface area contributed by atoms with Crippen LogP contribution in [-0.4, -0.2) is 19.9 Å². The summed E-state index contributed by atoms with van der Waals surface area (Å²) in [7, 11) is -3.72. The van der Waals surface area contributed by atoms with Crippen molar-refractivity contribution < 1.29 is 13.2 Å². The van der Waals surface area contributed by atoms with E-state index in [1.54, 1.807) is 33.8 Å². The van der Waals surface area contributed by atoms with Gasteiger partial charge < -0.3 is 5.32 Å². The molecule has 0 spiro atoms. The second-order valence-electron chi connectivity index (χ2n) is 8.24. The molecule has 0 heterocycles. The molecule has 2 aromatic rings. The van der Waals surface area contributed by atoms with Gasteiger partial charge in [0.15, 0.2) is 0 Å². The summed E-state index contributed by atoms with van der Waals surface area (Å²) < 4.78 is 27.9. The number of rotatable bonds is 4. The third-order valence-corrected chi connectivity index (χ3v) is 6.68. The van der Waals surface area contributed by atoms with Crippen molar-refractivity contribution in [2.45, 2.75) is 57.0 Å². The summed E-state index contributed by atoms with van der Waals surface area (Å²) >= 11 is 6.05. The van der Waals surface area contributed by atoms with Crippen molar-refractivity contribution in [3.8, 4) is 0 Å². The van der Waals surface area contributed by atoms with E-state index in [0.717, 1.165) is 29.5 Å². The molecule has 1 amide bonds. The summed E-state index contributed by atoms with van der Waals surface area (Å²) in [6.45, 7) is 7.12. The van der Waals surface area contributed by atoms with Crippen molar-refractivity contribution in [3.63, 3.8) is 0 Å². The average Bonchev–Trinajstić information content (AvgIpc) is 2.94. The zero-order valence-corrected chi connectivity index (χ0v) is 18.0. The van der Waals surface area contributed by atoms with Gasteiger partial charge in [-0.05, 0) is 81.5 Å². The topological polar surface area (TPSA) is 75.3 Å². The zero-order chi connectivity index (χ0) is 20.7. The van der Waals surface area contributed by atoms with E-state index in [9.17, 15) is 13.2 Å². The normalized spacial score (nSPS) is 16.7. The van der Waals surface area contributed by atoms with E-state index in [4.69, 9.17) is 11.6 Å². The van der Waals surface area contributed by atoms with Crippen LogP contribution in [0.5, 0.6) is 0 Å². The fourth-order valence-corrected chi connectivity index (χ4v) is 5.09. The fraction of sp³-hybridized carbons (Fsp3) is 0.381. The predicted octanol–water partition coefficient (Wildman–Crippen LogP) is 4.14. The van der Waals surface area contributed by atoms with Crippen LogP contribution in [0.1, 0.15) is 60.3 Å². The maximum atomic E-state index is 12.9. The first-order valence-electron chi connectivity index (χ1n) is 9.20. The fourth-order valence-electron chi connectivity index (χ4n) is 3.45. The number of carbonyl (C=O) groups excluding carboxylic acids is 1. The lowest BCUT2D eigenvalue weighted by molar-refractivity contribution is 0.0936. The van der Waals surface area contributed by atoms with Crippen molar-refractivity contribution in [3.05, 3.63) is 63.7 Å². The number of benzene rings is 2. The van der Waals surface area contributed by atoms with Gasteiger partial charge in [0, 0.05) is 16.1 Å². The molecular formula is C21H25ClN2O3S. The SMILES string of the molecule is Cc1ccc(S(=O)(=O)NC(C)(C)C)cc1C(=O)NC1CCc2cc(Cl)ccc21. The molecule has 2 N–H and O–H groups in total. The number of nitrogens with one attached hydrogen (secondary N) is 2. The second kappa shape index (κ2) is 7.50. The monoisotopic (exact) mass is 420 g/mol. The van der Waals surface area contributed by atoms with Gasteiger partial charge in [0.05, 0.1) is 10.9 Å². The largest absolute Gasteiger partial charge is 0.345 e. The predicted molar refractivity (Wildman–Crippen MR) is 111 cm³/mol. The molecule has 1 atom stereocenters. The Hall–Kier alpha value is -1.89. The van der Waals surface area contributed by atoms with Crippen LogP contribution < -0.4 is 10.0 Å². The van der Waals surface area contributed by atoms with Crippen LogP contribution in [0.25, 0.3) is 0 Å². The quantitative estimate of drug-likeness (QED) is 0.780. The molecule has 150 valence electrons. The molecule has 0 bridgehead atoms. The molecule has 3 rings (SSSR count).